The number of aromatic nitrogens is 1. The van der Waals surface area contributed by atoms with Crippen LogP contribution in [0.4, 0.5) is 10.5 Å². The molecule has 1 aliphatic heterocycles. The minimum absolute atomic E-state index is 0.0712. The van der Waals surface area contributed by atoms with Crippen molar-refractivity contribution in [3.63, 3.8) is 0 Å². The fourth-order valence-electron chi connectivity index (χ4n) is 3.04. The first-order valence-corrected chi connectivity index (χ1v) is 8.50. The second kappa shape index (κ2) is 7.98. The van der Waals surface area contributed by atoms with Crippen molar-refractivity contribution < 1.29 is 9.53 Å². The van der Waals surface area contributed by atoms with Gasteiger partial charge in [-0.05, 0) is 44.6 Å². The van der Waals surface area contributed by atoms with Crippen LogP contribution in [0.5, 0.6) is 11.6 Å². The van der Waals surface area contributed by atoms with Gasteiger partial charge in [0.05, 0.1) is 0 Å². The summed E-state index contributed by atoms with van der Waals surface area (Å²) in [5, 5.41) is 2.94. The monoisotopic (exact) mass is 340 g/mol. The maximum absolute atomic E-state index is 12.5. The van der Waals surface area contributed by atoms with Gasteiger partial charge in [0.25, 0.3) is 0 Å². The maximum Gasteiger partial charge on any atom is 0.321 e. The molecule has 25 heavy (non-hydrogen) atoms. The summed E-state index contributed by atoms with van der Waals surface area (Å²) in [5.41, 5.74) is 0.682. The second-order valence-corrected chi connectivity index (χ2v) is 6.59. The highest BCUT2D eigenvalue weighted by Gasteiger charge is 2.26. The lowest BCUT2D eigenvalue weighted by Gasteiger charge is -2.19. The molecule has 132 valence electrons. The Morgan fingerprint density at radius 1 is 1.32 bits per heavy atom. The number of benzene rings is 1. The molecule has 0 radical (unpaired) electrons. The lowest BCUT2D eigenvalue weighted by Crippen LogP contribution is -2.34. The van der Waals surface area contributed by atoms with Crippen LogP contribution in [0.3, 0.4) is 0 Å². The number of carbonyl (C=O) groups excluding carboxylic acids is 1. The van der Waals surface area contributed by atoms with Gasteiger partial charge in [-0.3, -0.25) is 0 Å². The van der Waals surface area contributed by atoms with Crippen molar-refractivity contribution in [3.8, 4) is 11.6 Å². The fourth-order valence-corrected chi connectivity index (χ4v) is 3.04. The number of hydrogen-bond donors (Lipinski definition) is 1. The van der Waals surface area contributed by atoms with Gasteiger partial charge in [-0.1, -0.05) is 18.2 Å². The average Bonchev–Trinajstić information content (AvgIpc) is 3.04. The highest BCUT2D eigenvalue weighted by molar-refractivity contribution is 5.89. The number of carbonyl (C=O) groups is 1. The molecule has 6 heteroatoms. The average molecular weight is 340 g/mol. The molecule has 1 fully saturated rings. The predicted molar refractivity (Wildman–Crippen MR) is 98.0 cm³/mol. The van der Waals surface area contributed by atoms with E-state index in [2.05, 4.69) is 29.3 Å². The second-order valence-electron chi connectivity index (χ2n) is 6.59. The van der Waals surface area contributed by atoms with E-state index >= 15 is 0 Å². The SMILES string of the molecule is CN(C)C[C@@H]1CCN(C(=O)Nc2ccnc(Oc3ccccc3)c2)C1. The highest BCUT2D eigenvalue weighted by Crippen LogP contribution is 2.22. The zero-order valence-electron chi connectivity index (χ0n) is 14.7. The van der Waals surface area contributed by atoms with E-state index in [1.54, 1.807) is 18.3 Å². The number of nitrogens with one attached hydrogen (secondary N) is 1. The van der Waals surface area contributed by atoms with Crippen molar-refractivity contribution in [2.24, 2.45) is 5.92 Å². The van der Waals surface area contributed by atoms with Crippen LogP contribution in [-0.2, 0) is 0 Å². The molecule has 0 unspecified atom stereocenters. The first-order valence-electron chi connectivity index (χ1n) is 8.50. The van der Waals surface area contributed by atoms with Crippen molar-refractivity contribution in [2.75, 3.05) is 39.0 Å². The molecule has 2 heterocycles. The van der Waals surface area contributed by atoms with E-state index in [-0.39, 0.29) is 6.03 Å². The molecule has 2 amide bonds. The minimum atomic E-state index is -0.0712. The Morgan fingerprint density at radius 2 is 2.12 bits per heavy atom. The summed E-state index contributed by atoms with van der Waals surface area (Å²) in [7, 11) is 4.13. The van der Waals surface area contributed by atoms with Gasteiger partial charge in [-0.25, -0.2) is 9.78 Å². The lowest BCUT2D eigenvalue weighted by atomic mass is 10.1. The van der Waals surface area contributed by atoms with Crippen LogP contribution in [0.1, 0.15) is 6.42 Å². The number of ether oxygens (including phenoxy) is 1. The molecule has 0 saturated carbocycles. The predicted octanol–water partition coefficient (Wildman–Crippen LogP) is 3.29. The van der Waals surface area contributed by atoms with Crippen molar-refractivity contribution in [1.82, 2.24) is 14.8 Å². The topological polar surface area (TPSA) is 57.7 Å². The highest BCUT2D eigenvalue weighted by atomic mass is 16.5. The number of amides is 2. The molecule has 1 saturated heterocycles. The Balaban J connectivity index is 1.58. The number of nitrogens with zero attached hydrogens (tertiary/aromatic N) is 3. The van der Waals surface area contributed by atoms with Gasteiger partial charge >= 0.3 is 6.03 Å². The molecule has 1 aromatic carbocycles. The van der Waals surface area contributed by atoms with Gasteiger partial charge in [-0.2, -0.15) is 0 Å². The van der Waals surface area contributed by atoms with Gasteiger partial charge in [0.15, 0.2) is 0 Å². The van der Waals surface area contributed by atoms with Crippen molar-refractivity contribution in [2.45, 2.75) is 6.42 Å². The number of hydrogen-bond acceptors (Lipinski definition) is 4. The molecule has 0 bridgehead atoms. The third-order valence-electron chi connectivity index (χ3n) is 4.15. The Morgan fingerprint density at radius 3 is 2.88 bits per heavy atom. The van der Waals surface area contributed by atoms with E-state index in [0.29, 0.717) is 23.2 Å². The molecule has 1 aliphatic rings. The number of anilines is 1. The van der Waals surface area contributed by atoms with Crippen LogP contribution in [0, 0.1) is 5.92 Å². The molecular formula is C19H24N4O2. The number of pyridine rings is 1. The van der Waals surface area contributed by atoms with Gasteiger partial charge in [0.1, 0.15) is 5.75 Å². The maximum atomic E-state index is 12.5. The van der Waals surface area contributed by atoms with E-state index in [9.17, 15) is 4.79 Å². The summed E-state index contributed by atoms with van der Waals surface area (Å²) in [6, 6.07) is 12.9. The van der Waals surface area contributed by atoms with Crippen molar-refractivity contribution in [3.05, 3.63) is 48.7 Å². The standard InChI is InChI=1S/C19H24N4O2/c1-22(2)13-15-9-11-23(14-15)19(24)21-16-8-10-20-18(12-16)25-17-6-4-3-5-7-17/h3-8,10,12,15H,9,11,13-14H2,1-2H3,(H,20,21,24)/t15-/m0/s1. The minimum Gasteiger partial charge on any atom is -0.439 e. The first-order chi connectivity index (χ1) is 12.1. The summed E-state index contributed by atoms with van der Waals surface area (Å²) in [4.78, 5) is 20.7. The van der Waals surface area contributed by atoms with Crippen LogP contribution >= 0.6 is 0 Å². The van der Waals surface area contributed by atoms with Crippen LogP contribution in [0.15, 0.2) is 48.7 Å². The van der Waals surface area contributed by atoms with E-state index < -0.39 is 0 Å². The number of para-hydroxylation sites is 1. The Labute approximate surface area is 148 Å². The Hall–Kier alpha value is -2.60. The van der Waals surface area contributed by atoms with Gasteiger partial charge in [0, 0.05) is 37.6 Å². The van der Waals surface area contributed by atoms with Crippen LogP contribution in [0.25, 0.3) is 0 Å². The summed E-state index contributed by atoms with van der Waals surface area (Å²) >= 11 is 0. The molecule has 0 spiro atoms. The normalized spacial score (nSPS) is 16.9. The Kier molecular flexibility index (Phi) is 5.50. The third-order valence-corrected chi connectivity index (χ3v) is 4.15. The van der Waals surface area contributed by atoms with Crippen LogP contribution < -0.4 is 10.1 Å². The third kappa shape index (κ3) is 4.93. The van der Waals surface area contributed by atoms with Crippen molar-refractivity contribution >= 4 is 11.7 Å². The molecule has 1 atom stereocenters. The molecule has 2 aromatic rings. The van der Waals surface area contributed by atoms with Gasteiger partial charge in [-0.15, -0.1) is 0 Å². The first kappa shape index (κ1) is 17.2. The molecule has 1 N–H and O–H groups in total. The number of urea groups is 1. The van der Waals surface area contributed by atoms with Gasteiger partial charge in [0.2, 0.25) is 5.88 Å². The number of rotatable bonds is 5. The van der Waals surface area contributed by atoms with E-state index in [1.165, 1.54) is 0 Å². The lowest BCUT2D eigenvalue weighted by molar-refractivity contribution is 0.219. The molecule has 1 aromatic heterocycles. The summed E-state index contributed by atoms with van der Waals surface area (Å²) in [6.07, 6.45) is 2.68. The summed E-state index contributed by atoms with van der Waals surface area (Å²) < 4.78 is 5.71. The molecular weight excluding hydrogens is 316 g/mol. The molecule has 3 rings (SSSR count). The van der Waals surface area contributed by atoms with E-state index in [0.717, 1.165) is 26.1 Å². The van der Waals surface area contributed by atoms with Gasteiger partial charge < -0.3 is 19.9 Å². The fraction of sp³-hybridized carbons (Fsp3) is 0.368. The van der Waals surface area contributed by atoms with E-state index in [4.69, 9.17) is 4.74 Å². The quantitative estimate of drug-likeness (QED) is 0.907. The molecule has 0 aliphatic carbocycles. The van der Waals surface area contributed by atoms with E-state index in [1.807, 2.05) is 35.2 Å². The smallest absolute Gasteiger partial charge is 0.321 e. The summed E-state index contributed by atoms with van der Waals surface area (Å²) in [5.74, 6) is 1.70. The summed E-state index contributed by atoms with van der Waals surface area (Å²) in [6.45, 7) is 2.60. The zero-order chi connectivity index (χ0) is 17.6. The largest absolute Gasteiger partial charge is 0.439 e. The van der Waals surface area contributed by atoms with Crippen LogP contribution in [0.2, 0.25) is 0 Å². The zero-order valence-corrected chi connectivity index (χ0v) is 14.7. The van der Waals surface area contributed by atoms with Crippen molar-refractivity contribution in [1.29, 1.82) is 0 Å². The Bertz CT molecular complexity index is 706. The molecule has 6 nitrogen and oxygen atoms in total. The number of likely N-dealkylation sites (tertiary alicyclic amines) is 1. The van der Waals surface area contributed by atoms with Crippen LogP contribution in [-0.4, -0.2) is 54.5 Å².